The van der Waals surface area contributed by atoms with Crippen molar-refractivity contribution in [3.8, 4) is 0 Å². The average molecular weight is 1490 g/mol. The number of carbonyl (C=O) groups is 2. The number of rotatable bonds is 27. The molecule has 0 unspecified atom stereocenters. The summed E-state index contributed by atoms with van der Waals surface area (Å²) in [5, 5.41) is 0. The van der Waals surface area contributed by atoms with Gasteiger partial charge in [-0.15, -0.1) is 0 Å². The molecule has 584 valence electrons. The zero-order valence-corrected chi connectivity index (χ0v) is 64.5. The van der Waals surface area contributed by atoms with E-state index in [0.29, 0.717) is 48.3 Å². The van der Waals surface area contributed by atoms with Crippen LogP contribution in [0.5, 0.6) is 0 Å². The van der Waals surface area contributed by atoms with Gasteiger partial charge < -0.3 is 75.8 Å². The third-order valence-electron chi connectivity index (χ3n) is 25.7. The van der Waals surface area contributed by atoms with E-state index < -0.39 is 116 Å². The largest absolute Gasteiger partial charge is 0.463 e. The highest BCUT2D eigenvalue weighted by Crippen LogP contribution is 2.71. The highest BCUT2D eigenvalue weighted by Gasteiger charge is 2.69. The second kappa shape index (κ2) is 34.8. The third kappa shape index (κ3) is 17.4. The van der Waals surface area contributed by atoms with Crippen molar-refractivity contribution in [1.29, 1.82) is 0 Å². The lowest BCUT2D eigenvalue weighted by molar-refractivity contribution is -0.401. The molecule has 4 aliphatic carbocycles. The van der Waals surface area contributed by atoms with E-state index >= 15 is 0 Å². The summed E-state index contributed by atoms with van der Waals surface area (Å²) >= 11 is 0. The molecule has 8 fully saturated rings. The summed E-state index contributed by atoms with van der Waals surface area (Å²) in [5.74, 6) is 1.18. The van der Waals surface area contributed by atoms with Crippen molar-refractivity contribution in [1.82, 2.24) is 0 Å². The lowest BCUT2D eigenvalue weighted by Crippen LogP contribution is -2.68. The van der Waals surface area contributed by atoms with Gasteiger partial charge in [0.2, 0.25) is 0 Å². The predicted octanol–water partition coefficient (Wildman–Crippen LogP) is 15.7. The molecule has 6 aromatic rings. The lowest BCUT2D eigenvalue weighted by Gasteiger charge is -2.59. The van der Waals surface area contributed by atoms with Gasteiger partial charge in [0, 0.05) is 26.2 Å². The van der Waals surface area contributed by atoms with Crippen LogP contribution in [0.1, 0.15) is 147 Å². The minimum Gasteiger partial charge on any atom is -0.463 e. The first kappa shape index (κ1) is 77.7. The molecule has 1 spiro atoms. The molecule has 0 aromatic heterocycles. The second-order valence-electron chi connectivity index (χ2n) is 32.9. The number of hydrogen-bond donors (Lipinski definition) is 0. The van der Waals surface area contributed by atoms with Gasteiger partial charge in [-0.1, -0.05) is 221 Å². The lowest BCUT2D eigenvalue weighted by atomic mass is 9.47. The second-order valence-corrected chi connectivity index (χ2v) is 32.9. The van der Waals surface area contributed by atoms with Gasteiger partial charge in [-0.3, -0.25) is 9.59 Å². The Kier molecular flexibility index (Phi) is 24.8. The van der Waals surface area contributed by atoms with Crippen LogP contribution in [0.25, 0.3) is 0 Å². The molecular formula is C91H112O18. The number of carbonyl (C=O) groups excluding carboxylic acids is 2. The van der Waals surface area contributed by atoms with Crippen molar-refractivity contribution in [2.75, 3.05) is 13.2 Å². The maximum Gasteiger partial charge on any atom is 0.303 e. The molecule has 5 heterocycles. The van der Waals surface area contributed by atoms with E-state index in [1.54, 1.807) is 0 Å². The van der Waals surface area contributed by atoms with Crippen molar-refractivity contribution in [3.63, 3.8) is 0 Å². The Hall–Kier alpha value is -6.56. The molecule has 0 radical (unpaired) electrons. The zero-order chi connectivity index (χ0) is 75.2. The van der Waals surface area contributed by atoms with Gasteiger partial charge in [-0.2, -0.15) is 0 Å². The summed E-state index contributed by atoms with van der Waals surface area (Å²) in [7, 11) is 0. The van der Waals surface area contributed by atoms with Gasteiger partial charge in [-0.05, 0) is 139 Å². The van der Waals surface area contributed by atoms with Gasteiger partial charge in [0.05, 0.1) is 70.7 Å². The molecule has 5 aliphatic heterocycles. The molecule has 3 saturated carbocycles. The first-order chi connectivity index (χ1) is 53.0. The number of ether oxygens (including phenoxy) is 16. The third-order valence-corrected chi connectivity index (χ3v) is 25.7. The molecule has 5 saturated heterocycles. The van der Waals surface area contributed by atoms with Crippen LogP contribution >= 0.6 is 0 Å². The standard InChI is InChI=1S/C91H112O18/c1-57-41-46-91(101-49-57)58(2)76-74(109-91)48-73-71-40-39-69-47-70(42-44-89(69,7)72(71)43-45-90(73,76)8)105-88-85(108-87-84(100-55-68-37-25-14-26-38-68)81(98-53-66-33-21-12-22-34-66)78(60(4)103-87)96-51-64-29-17-10-18-30-64)82(79(104-62(6)93)75(106-88)56-94-61(5)92)107-86-83(99-54-67-35-23-13-24-36-67)80(97-52-65-31-19-11-20-32-65)77(59(3)102-86)95-50-63-27-15-9-16-28-63/h9-39,57-60,70-88H,40-56H2,1-8H3/t57-,58+,59+,60+,70+,71-,72-,73-,74+,75-,76+,77+,78+,79-,80-,81-,82+,83-,84-,85-,86+,87+,88-,89+,90-,91-/m1/s1. The van der Waals surface area contributed by atoms with Gasteiger partial charge in [0.25, 0.3) is 0 Å². The normalized spacial score (nSPS) is 37.5. The molecule has 0 N–H and O–H groups in total. The Morgan fingerprint density at radius 3 is 1.36 bits per heavy atom. The predicted molar refractivity (Wildman–Crippen MR) is 406 cm³/mol. The smallest absolute Gasteiger partial charge is 0.303 e. The first-order valence-electron chi connectivity index (χ1n) is 40.2. The first-order valence-corrected chi connectivity index (χ1v) is 40.2. The van der Waals surface area contributed by atoms with Crippen LogP contribution in [-0.4, -0.2) is 135 Å². The maximum atomic E-state index is 14.1. The molecule has 109 heavy (non-hydrogen) atoms. The van der Waals surface area contributed by atoms with E-state index in [1.807, 2.05) is 196 Å². The minimum atomic E-state index is -1.37. The van der Waals surface area contributed by atoms with E-state index in [2.05, 4.69) is 33.8 Å². The molecule has 15 rings (SSSR count). The van der Waals surface area contributed by atoms with Gasteiger partial charge in [0.1, 0.15) is 61.5 Å². The molecule has 26 atom stereocenters. The molecule has 0 bridgehead atoms. The molecule has 6 aromatic carbocycles. The quantitative estimate of drug-likeness (QED) is 0.0350. The molecule has 18 nitrogen and oxygen atoms in total. The Labute approximate surface area is 643 Å². The molecule has 18 heteroatoms. The number of benzene rings is 6. The highest BCUT2D eigenvalue weighted by molar-refractivity contribution is 5.66. The highest BCUT2D eigenvalue weighted by atomic mass is 16.8. The fourth-order valence-corrected chi connectivity index (χ4v) is 20.2. The van der Waals surface area contributed by atoms with E-state index in [-0.39, 0.29) is 63.2 Å². The Morgan fingerprint density at radius 1 is 0.459 bits per heavy atom. The van der Waals surface area contributed by atoms with Crippen molar-refractivity contribution < 1.29 is 85.4 Å². The van der Waals surface area contributed by atoms with Crippen molar-refractivity contribution in [3.05, 3.63) is 227 Å². The van der Waals surface area contributed by atoms with Gasteiger partial charge in [-0.25, -0.2) is 0 Å². The number of allylic oxidation sites excluding steroid dienone is 1. The minimum absolute atomic E-state index is 0.0831. The van der Waals surface area contributed by atoms with E-state index in [0.717, 1.165) is 84.9 Å². The SMILES string of the molecule is CC(=O)OC[C@H]1O[C@@H](O[C@H]2CC[C@@]3(C)C(=CC[C@H]4[C@H]5C[C@@H]6O[C@]7(CC[C@@H](C)CO7)[C@@H](C)[C@@H]6[C@]5(C)CC[C@H]43)C2)[C@H](O[C@@H]2O[C@@H](C)[C@H](OCc3ccccc3)[C@@H](OCc3ccccc3)[C@H]2OCc2ccccc2)[C@@H](O[C@@H]2O[C@@H](C)[C@H](OCc3ccccc3)[C@@H](OCc3ccccc3)[C@H]2OCc2ccccc2)[C@@H]1OC(C)=O. The average Bonchev–Trinajstić information content (AvgIpc) is 1.55. The Morgan fingerprint density at radius 2 is 0.908 bits per heavy atom. The van der Waals surface area contributed by atoms with Crippen molar-refractivity contribution in [2.24, 2.45) is 46.3 Å². The van der Waals surface area contributed by atoms with E-state index in [1.165, 1.54) is 19.4 Å². The molecular weight excluding hydrogens is 1380 g/mol. The number of fused-ring (bicyclic) bond motifs is 7. The van der Waals surface area contributed by atoms with E-state index in [9.17, 15) is 9.59 Å². The molecule has 0 amide bonds. The summed E-state index contributed by atoms with van der Waals surface area (Å²) in [4.78, 5) is 27.4. The summed E-state index contributed by atoms with van der Waals surface area (Å²) in [6.07, 6.45) is -4.70. The summed E-state index contributed by atoms with van der Waals surface area (Å²) in [6, 6.07) is 59.8. The Bertz CT molecular complexity index is 3900. The van der Waals surface area contributed by atoms with Crippen LogP contribution in [0.4, 0.5) is 0 Å². The van der Waals surface area contributed by atoms with Crippen LogP contribution < -0.4 is 0 Å². The molecule has 9 aliphatic rings. The topological polar surface area (TPSA) is 182 Å². The van der Waals surface area contributed by atoms with Crippen molar-refractivity contribution >= 4 is 11.9 Å². The van der Waals surface area contributed by atoms with Crippen LogP contribution in [0, 0.1) is 46.3 Å². The van der Waals surface area contributed by atoms with Crippen LogP contribution in [0.15, 0.2) is 194 Å². The summed E-state index contributed by atoms with van der Waals surface area (Å²) in [6.45, 7) is 17.9. The van der Waals surface area contributed by atoms with E-state index in [4.69, 9.17) is 75.8 Å². The maximum absolute atomic E-state index is 14.1. The summed E-state index contributed by atoms with van der Waals surface area (Å²) < 4.78 is 114. The van der Waals surface area contributed by atoms with Gasteiger partial charge >= 0.3 is 11.9 Å². The zero-order valence-electron chi connectivity index (χ0n) is 64.5. The fourth-order valence-electron chi connectivity index (χ4n) is 20.2. The van der Waals surface area contributed by atoms with Crippen LogP contribution in [0.2, 0.25) is 0 Å². The van der Waals surface area contributed by atoms with Crippen LogP contribution in [0.3, 0.4) is 0 Å². The van der Waals surface area contributed by atoms with Crippen molar-refractivity contribution in [2.45, 2.75) is 263 Å². The number of hydrogen-bond acceptors (Lipinski definition) is 18. The Balaban J connectivity index is 0.808. The number of esters is 2. The fraction of sp³-hybridized carbons (Fsp3) is 0.560. The van der Waals surface area contributed by atoms with Gasteiger partial charge in [0.15, 0.2) is 30.8 Å². The summed E-state index contributed by atoms with van der Waals surface area (Å²) in [5.41, 5.74) is 7.05. The van der Waals surface area contributed by atoms with Crippen LogP contribution in [-0.2, 0) is 125 Å². The monoisotopic (exact) mass is 1490 g/mol.